The molecule has 3 heteroatoms. The van der Waals surface area contributed by atoms with Gasteiger partial charge in [0.15, 0.2) is 0 Å². The van der Waals surface area contributed by atoms with E-state index in [9.17, 15) is 0 Å². The van der Waals surface area contributed by atoms with Crippen LogP contribution >= 0.6 is 11.3 Å². The molecule has 0 radical (unpaired) electrons. The van der Waals surface area contributed by atoms with Crippen molar-refractivity contribution in [3.8, 4) is 5.75 Å². The highest BCUT2D eigenvalue weighted by Gasteiger charge is 2.14. The van der Waals surface area contributed by atoms with Crippen molar-refractivity contribution in [2.24, 2.45) is 0 Å². The van der Waals surface area contributed by atoms with Crippen LogP contribution < -0.4 is 10.1 Å². The van der Waals surface area contributed by atoms with Gasteiger partial charge in [0, 0.05) is 6.42 Å². The first-order valence-electron chi connectivity index (χ1n) is 7.21. The van der Waals surface area contributed by atoms with E-state index < -0.39 is 0 Å². The van der Waals surface area contributed by atoms with E-state index in [4.69, 9.17) is 4.74 Å². The quantitative estimate of drug-likeness (QED) is 0.716. The highest BCUT2D eigenvalue weighted by Crippen LogP contribution is 2.34. The van der Waals surface area contributed by atoms with Gasteiger partial charge in [-0.2, -0.15) is 0 Å². The second kappa shape index (κ2) is 6.74. The fourth-order valence-electron chi connectivity index (χ4n) is 2.45. The molecule has 0 amide bonds. The van der Waals surface area contributed by atoms with E-state index in [1.807, 2.05) is 13.1 Å². The maximum Gasteiger partial charge on any atom is 0.138 e. The summed E-state index contributed by atoms with van der Waals surface area (Å²) in [6, 6.07) is 18.8. The van der Waals surface area contributed by atoms with E-state index in [0.29, 0.717) is 0 Å². The van der Waals surface area contributed by atoms with Gasteiger partial charge in [0.1, 0.15) is 11.9 Å². The Bertz CT molecular complexity index is 693. The molecule has 0 saturated heterocycles. The van der Waals surface area contributed by atoms with Gasteiger partial charge in [0.2, 0.25) is 0 Å². The minimum absolute atomic E-state index is 0.0753. The maximum absolute atomic E-state index is 6.34. The molecular formula is C18H19NOS. The topological polar surface area (TPSA) is 21.3 Å². The monoisotopic (exact) mass is 297 g/mol. The lowest BCUT2D eigenvalue weighted by molar-refractivity contribution is 0.198. The zero-order chi connectivity index (χ0) is 14.5. The van der Waals surface area contributed by atoms with Gasteiger partial charge in [-0.15, -0.1) is 11.3 Å². The van der Waals surface area contributed by atoms with Crippen molar-refractivity contribution in [3.05, 3.63) is 65.5 Å². The highest BCUT2D eigenvalue weighted by molar-refractivity contribution is 7.17. The average Bonchev–Trinajstić information content (AvgIpc) is 3.01. The van der Waals surface area contributed by atoms with Gasteiger partial charge in [-0.3, -0.25) is 0 Å². The van der Waals surface area contributed by atoms with E-state index in [-0.39, 0.29) is 6.10 Å². The number of fused-ring (bicyclic) bond motifs is 1. The van der Waals surface area contributed by atoms with Crippen LogP contribution in [0.25, 0.3) is 10.1 Å². The lowest BCUT2D eigenvalue weighted by atomic mass is 10.1. The fraction of sp³-hybridized carbons (Fsp3) is 0.222. The van der Waals surface area contributed by atoms with Gasteiger partial charge in [0.05, 0.1) is 4.70 Å². The summed E-state index contributed by atoms with van der Waals surface area (Å²) in [5, 5.41) is 6.57. The van der Waals surface area contributed by atoms with Gasteiger partial charge in [-0.05, 0) is 42.1 Å². The molecule has 0 spiro atoms. The summed E-state index contributed by atoms with van der Waals surface area (Å²) in [6.07, 6.45) is 1.02. The maximum atomic E-state index is 6.34. The zero-order valence-electron chi connectivity index (χ0n) is 12.1. The molecule has 2 nitrogen and oxygen atoms in total. The van der Waals surface area contributed by atoms with E-state index >= 15 is 0 Å². The predicted molar refractivity (Wildman–Crippen MR) is 90.2 cm³/mol. The molecule has 0 aliphatic rings. The Morgan fingerprint density at radius 1 is 1.05 bits per heavy atom. The van der Waals surface area contributed by atoms with Gasteiger partial charge in [-0.25, -0.2) is 0 Å². The van der Waals surface area contributed by atoms with E-state index in [2.05, 4.69) is 59.2 Å². The molecule has 0 fully saturated rings. The minimum atomic E-state index is 0.0753. The molecule has 0 unspecified atom stereocenters. The standard InChI is InChI=1S/C18H19NOS/c1-19-12-10-16(14-6-3-2-4-7-14)20-17-9-5-8-15-11-13-21-18(15)17/h2-9,11,13,16,19H,10,12H2,1H3/t16-/m0/s1. The SMILES string of the molecule is CNCC[C@H](Oc1cccc2ccsc12)c1ccccc1. The van der Waals surface area contributed by atoms with Gasteiger partial charge in [-0.1, -0.05) is 42.5 Å². The molecule has 0 saturated carbocycles. The van der Waals surface area contributed by atoms with Crippen molar-refractivity contribution in [3.63, 3.8) is 0 Å². The highest BCUT2D eigenvalue weighted by atomic mass is 32.1. The molecule has 21 heavy (non-hydrogen) atoms. The second-order valence-corrected chi connectivity index (χ2v) is 5.92. The Kier molecular flexibility index (Phi) is 4.53. The second-order valence-electron chi connectivity index (χ2n) is 5.00. The Hall–Kier alpha value is -1.84. The third kappa shape index (κ3) is 3.26. The first kappa shape index (κ1) is 14.1. The van der Waals surface area contributed by atoms with Crippen LogP contribution in [-0.2, 0) is 0 Å². The first-order chi connectivity index (χ1) is 10.4. The van der Waals surface area contributed by atoms with Gasteiger partial charge < -0.3 is 10.1 Å². The molecule has 1 N–H and O–H groups in total. The summed E-state index contributed by atoms with van der Waals surface area (Å²) in [4.78, 5) is 0. The van der Waals surface area contributed by atoms with Crippen LogP contribution in [0.1, 0.15) is 18.1 Å². The number of hydrogen-bond acceptors (Lipinski definition) is 3. The smallest absolute Gasteiger partial charge is 0.138 e. The van der Waals surface area contributed by atoms with E-state index in [1.165, 1.54) is 15.6 Å². The van der Waals surface area contributed by atoms with Crippen LogP contribution in [0, 0.1) is 0 Å². The number of benzene rings is 2. The van der Waals surface area contributed by atoms with Crippen molar-refractivity contribution < 1.29 is 4.74 Å². The largest absolute Gasteiger partial charge is 0.484 e. The Labute approximate surface area is 129 Å². The van der Waals surface area contributed by atoms with Gasteiger partial charge in [0.25, 0.3) is 0 Å². The average molecular weight is 297 g/mol. The molecule has 1 atom stereocenters. The van der Waals surface area contributed by atoms with Crippen molar-refractivity contribution in [1.29, 1.82) is 0 Å². The van der Waals surface area contributed by atoms with Crippen LogP contribution in [0.2, 0.25) is 0 Å². The number of nitrogens with one attached hydrogen (secondary N) is 1. The van der Waals surface area contributed by atoms with Crippen LogP contribution in [0.5, 0.6) is 5.75 Å². The summed E-state index contributed by atoms with van der Waals surface area (Å²) in [6.45, 7) is 0.931. The normalized spacial score (nSPS) is 12.4. The summed E-state index contributed by atoms with van der Waals surface area (Å²) < 4.78 is 7.57. The van der Waals surface area contributed by atoms with Crippen LogP contribution in [0.15, 0.2) is 60.0 Å². The lowest BCUT2D eigenvalue weighted by Crippen LogP contribution is -2.16. The number of hydrogen-bond donors (Lipinski definition) is 1. The van der Waals surface area contributed by atoms with E-state index in [1.54, 1.807) is 11.3 Å². The van der Waals surface area contributed by atoms with Crippen molar-refractivity contribution in [2.45, 2.75) is 12.5 Å². The summed E-state index contributed by atoms with van der Waals surface area (Å²) in [7, 11) is 1.97. The Morgan fingerprint density at radius 2 is 1.90 bits per heavy atom. The fourth-order valence-corrected chi connectivity index (χ4v) is 3.30. The van der Waals surface area contributed by atoms with Crippen LogP contribution in [0.3, 0.4) is 0 Å². The zero-order valence-corrected chi connectivity index (χ0v) is 12.9. The molecule has 108 valence electrons. The predicted octanol–water partition coefficient (Wildman–Crippen LogP) is 4.63. The van der Waals surface area contributed by atoms with Crippen LogP contribution in [0.4, 0.5) is 0 Å². The van der Waals surface area contributed by atoms with Crippen LogP contribution in [-0.4, -0.2) is 13.6 Å². The Morgan fingerprint density at radius 3 is 2.71 bits per heavy atom. The first-order valence-corrected chi connectivity index (χ1v) is 8.09. The van der Waals surface area contributed by atoms with Crippen molar-refractivity contribution >= 4 is 21.4 Å². The molecular weight excluding hydrogens is 278 g/mol. The number of ether oxygens (including phenoxy) is 1. The number of thiophene rings is 1. The molecule has 0 aliphatic heterocycles. The molecule has 0 aliphatic carbocycles. The molecule has 2 aromatic carbocycles. The lowest BCUT2D eigenvalue weighted by Gasteiger charge is -2.20. The number of rotatable bonds is 6. The minimum Gasteiger partial charge on any atom is -0.484 e. The molecule has 0 bridgehead atoms. The summed E-state index contributed by atoms with van der Waals surface area (Å²) >= 11 is 1.73. The van der Waals surface area contributed by atoms with Crippen molar-refractivity contribution in [1.82, 2.24) is 5.32 Å². The molecule has 1 heterocycles. The Balaban J connectivity index is 1.89. The van der Waals surface area contributed by atoms with E-state index in [0.717, 1.165) is 18.7 Å². The molecule has 3 rings (SSSR count). The molecule has 3 aromatic rings. The molecule has 1 aromatic heterocycles. The van der Waals surface area contributed by atoms with Gasteiger partial charge >= 0.3 is 0 Å². The summed E-state index contributed by atoms with van der Waals surface area (Å²) in [5.41, 5.74) is 1.22. The summed E-state index contributed by atoms with van der Waals surface area (Å²) in [5.74, 6) is 0.979. The van der Waals surface area contributed by atoms with Crippen molar-refractivity contribution in [2.75, 3.05) is 13.6 Å². The third-order valence-corrected chi connectivity index (χ3v) is 4.48. The third-order valence-electron chi connectivity index (χ3n) is 3.54.